The van der Waals surface area contributed by atoms with Crippen LogP contribution in [0.25, 0.3) is 0 Å². The summed E-state index contributed by atoms with van der Waals surface area (Å²) in [6.07, 6.45) is 1.29. The third kappa shape index (κ3) is 4.62. The van der Waals surface area contributed by atoms with E-state index in [0.29, 0.717) is 22.9 Å². The van der Waals surface area contributed by atoms with Gasteiger partial charge in [-0.1, -0.05) is 25.4 Å². The Balaban J connectivity index is 1.86. The number of carbonyl (C=O) groups is 1. The zero-order valence-corrected chi connectivity index (χ0v) is 14.3. The summed E-state index contributed by atoms with van der Waals surface area (Å²) in [7, 11) is 1.55. The fourth-order valence-electron chi connectivity index (χ4n) is 3.26. The monoisotopic (exact) mass is 324 g/mol. The van der Waals surface area contributed by atoms with Gasteiger partial charge >= 0.3 is 0 Å². The SMILES string of the molecule is COc1ccc(Cl)cc1C(=O)NCCN1C[C@@H](C)C[C@H](C)C1. The van der Waals surface area contributed by atoms with Gasteiger partial charge in [0.05, 0.1) is 12.7 Å². The number of nitrogens with one attached hydrogen (secondary N) is 1. The van der Waals surface area contributed by atoms with E-state index in [2.05, 4.69) is 24.1 Å². The Morgan fingerprint density at radius 3 is 2.68 bits per heavy atom. The second kappa shape index (κ2) is 7.84. The summed E-state index contributed by atoms with van der Waals surface area (Å²) in [5, 5.41) is 3.49. The number of nitrogens with zero attached hydrogens (tertiary/aromatic N) is 1. The van der Waals surface area contributed by atoms with Gasteiger partial charge in [0, 0.05) is 31.2 Å². The van der Waals surface area contributed by atoms with Crippen LogP contribution in [0.4, 0.5) is 0 Å². The molecule has 1 fully saturated rings. The van der Waals surface area contributed by atoms with Gasteiger partial charge in [0.2, 0.25) is 0 Å². The van der Waals surface area contributed by atoms with Crippen molar-refractivity contribution in [1.29, 1.82) is 0 Å². The van der Waals surface area contributed by atoms with Crippen molar-refractivity contribution in [3.8, 4) is 5.75 Å². The van der Waals surface area contributed by atoms with Gasteiger partial charge in [-0.05, 0) is 36.5 Å². The number of carbonyl (C=O) groups excluding carboxylic acids is 1. The predicted molar refractivity (Wildman–Crippen MR) is 89.7 cm³/mol. The molecule has 0 unspecified atom stereocenters. The highest BCUT2D eigenvalue weighted by atomic mass is 35.5. The molecule has 0 radical (unpaired) electrons. The highest BCUT2D eigenvalue weighted by Gasteiger charge is 2.21. The number of rotatable bonds is 5. The van der Waals surface area contributed by atoms with E-state index in [0.717, 1.165) is 31.5 Å². The van der Waals surface area contributed by atoms with Gasteiger partial charge in [0.25, 0.3) is 5.91 Å². The lowest BCUT2D eigenvalue weighted by molar-refractivity contribution is 0.0933. The maximum absolute atomic E-state index is 12.3. The van der Waals surface area contributed by atoms with Crippen molar-refractivity contribution in [3.05, 3.63) is 28.8 Å². The van der Waals surface area contributed by atoms with Crippen LogP contribution in [0, 0.1) is 11.8 Å². The summed E-state index contributed by atoms with van der Waals surface area (Å²) in [5.74, 6) is 1.86. The standard InChI is InChI=1S/C17H25ClN2O2/c1-12-8-13(2)11-20(10-12)7-6-19-17(21)15-9-14(18)4-5-16(15)22-3/h4-5,9,12-13H,6-8,10-11H2,1-3H3,(H,19,21)/t12-,13-/m0/s1. The first kappa shape index (κ1) is 17.1. The average molecular weight is 325 g/mol. The molecule has 5 heteroatoms. The van der Waals surface area contributed by atoms with Gasteiger partial charge in [0.1, 0.15) is 5.75 Å². The van der Waals surface area contributed by atoms with Crippen LogP contribution in [0.5, 0.6) is 5.75 Å². The Morgan fingerprint density at radius 1 is 1.36 bits per heavy atom. The Hall–Kier alpha value is -1.26. The molecule has 0 spiro atoms. The predicted octanol–water partition coefficient (Wildman–Crippen LogP) is 3.06. The largest absolute Gasteiger partial charge is 0.496 e. The fourth-order valence-corrected chi connectivity index (χ4v) is 3.43. The van der Waals surface area contributed by atoms with E-state index >= 15 is 0 Å². The van der Waals surface area contributed by atoms with Crippen LogP contribution < -0.4 is 10.1 Å². The molecule has 1 aromatic rings. The number of ether oxygens (including phenoxy) is 1. The van der Waals surface area contributed by atoms with Crippen LogP contribution >= 0.6 is 11.6 Å². The summed E-state index contributed by atoms with van der Waals surface area (Å²) in [6, 6.07) is 5.07. The number of methoxy groups -OCH3 is 1. The van der Waals surface area contributed by atoms with Crippen LogP contribution in [0.3, 0.4) is 0 Å². The van der Waals surface area contributed by atoms with Crippen molar-refractivity contribution in [1.82, 2.24) is 10.2 Å². The van der Waals surface area contributed by atoms with E-state index < -0.39 is 0 Å². The minimum Gasteiger partial charge on any atom is -0.496 e. The van der Waals surface area contributed by atoms with E-state index in [1.54, 1.807) is 25.3 Å². The summed E-state index contributed by atoms with van der Waals surface area (Å²) in [4.78, 5) is 14.7. The van der Waals surface area contributed by atoms with Crippen molar-refractivity contribution in [3.63, 3.8) is 0 Å². The lowest BCUT2D eigenvalue weighted by Crippen LogP contribution is -2.42. The Bertz CT molecular complexity index is 511. The first-order valence-electron chi connectivity index (χ1n) is 7.83. The van der Waals surface area contributed by atoms with Gasteiger partial charge < -0.3 is 15.0 Å². The summed E-state index contributed by atoms with van der Waals surface area (Å²) < 4.78 is 5.22. The minimum atomic E-state index is -0.141. The fraction of sp³-hybridized carbons (Fsp3) is 0.588. The maximum Gasteiger partial charge on any atom is 0.255 e. The number of likely N-dealkylation sites (tertiary alicyclic amines) is 1. The molecule has 2 atom stereocenters. The molecule has 122 valence electrons. The van der Waals surface area contributed by atoms with Crippen molar-refractivity contribution in [2.75, 3.05) is 33.3 Å². The lowest BCUT2D eigenvalue weighted by atomic mass is 9.92. The van der Waals surface area contributed by atoms with E-state index in [9.17, 15) is 4.79 Å². The molecule has 0 saturated carbocycles. The number of hydrogen-bond donors (Lipinski definition) is 1. The molecule has 1 saturated heterocycles. The van der Waals surface area contributed by atoms with Crippen molar-refractivity contribution in [2.45, 2.75) is 20.3 Å². The molecule has 0 aliphatic carbocycles. The lowest BCUT2D eigenvalue weighted by Gasteiger charge is -2.34. The second-order valence-corrected chi connectivity index (χ2v) is 6.74. The van der Waals surface area contributed by atoms with Crippen molar-refractivity contribution in [2.24, 2.45) is 11.8 Å². The van der Waals surface area contributed by atoms with E-state index in [-0.39, 0.29) is 5.91 Å². The number of piperidine rings is 1. The third-order valence-electron chi connectivity index (χ3n) is 4.06. The molecular formula is C17H25ClN2O2. The van der Waals surface area contributed by atoms with E-state index in [4.69, 9.17) is 16.3 Å². The molecule has 2 rings (SSSR count). The second-order valence-electron chi connectivity index (χ2n) is 6.31. The van der Waals surface area contributed by atoms with Crippen molar-refractivity contribution < 1.29 is 9.53 Å². The summed E-state index contributed by atoms with van der Waals surface area (Å²) >= 11 is 5.96. The van der Waals surface area contributed by atoms with Crippen LogP contribution in [0.15, 0.2) is 18.2 Å². The summed E-state index contributed by atoms with van der Waals surface area (Å²) in [5.41, 5.74) is 0.482. The number of halogens is 1. The molecule has 1 aliphatic rings. The molecule has 0 bridgehead atoms. The van der Waals surface area contributed by atoms with Gasteiger partial charge in [-0.15, -0.1) is 0 Å². The van der Waals surface area contributed by atoms with Gasteiger partial charge in [-0.3, -0.25) is 4.79 Å². The summed E-state index contributed by atoms with van der Waals surface area (Å²) in [6.45, 7) is 8.31. The molecule has 1 heterocycles. The van der Waals surface area contributed by atoms with Crippen LogP contribution in [0.2, 0.25) is 5.02 Å². The highest BCUT2D eigenvalue weighted by molar-refractivity contribution is 6.31. The Morgan fingerprint density at radius 2 is 2.05 bits per heavy atom. The minimum absolute atomic E-state index is 0.141. The third-order valence-corrected chi connectivity index (χ3v) is 4.30. The normalized spacial score (nSPS) is 22.4. The van der Waals surface area contributed by atoms with Crippen LogP contribution in [-0.4, -0.2) is 44.1 Å². The number of benzene rings is 1. The van der Waals surface area contributed by atoms with Gasteiger partial charge in [0.15, 0.2) is 0 Å². The van der Waals surface area contributed by atoms with Crippen LogP contribution in [-0.2, 0) is 0 Å². The molecular weight excluding hydrogens is 300 g/mol. The van der Waals surface area contributed by atoms with Crippen LogP contribution in [0.1, 0.15) is 30.6 Å². The van der Waals surface area contributed by atoms with E-state index in [1.807, 2.05) is 0 Å². The van der Waals surface area contributed by atoms with Gasteiger partial charge in [-0.2, -0.15) is 0 Å². The molecule has 1 N–H and O–H groups in total. The number of hydrogen-bond acceptors (Lipinski definition) is 3. The number of amides is 1. The van der Waals surface area contributed by atoms with E-state index in [1.165, 1.54) is 6.42 Å². The topological polar surface area (TPSA) is 41.6 Å². The first-order valence-corrected chi connectivity index (χ1v) is 8.21. The molecule has 1 aliphatic heterocycles. The maximum atomic E-state index is 12.3. The molecule has 22 heavy (non-hydrogen) atoms. The zero-order chi connectivity index (χ0) is 16.1. The average Bonchev–Trinajstić information content (AvgIpc) is 2.46. The molecule has 1 amide bonds. The smallest absolute Gasteiger partial charge is 0.255 e. The molecule has 4 nitrogen and oxygen atoms in total. The quantitative estimate of drug-likeness (QED) is 0.905. The van der Waals surface area contributed by atoms with Crippen molar-refractivity contribution >= 4 is 17.5 Å². The zero-order valence-electron chi connectivity index (χ0n) is 13.6. The highest BCUT2D eigenvalue weighted by Crippen LogP contribution is 2.23. The molecule has 0 aromatic heterocycles. The Labute approximate surface area is 137 Å². The Kier molecular flexibility index (Phi) is 6.09. The molecule has 1 aromatic carbocycles. The first-order chi connectivity index (χ1) is 10.5. The van der Waals surface area contributed by atoms with Gasteiger partial charge in [-0.25, -0.2) is 0 Å².